The topological polar surface area (TPSA) is 90.9 Å². The summed E-state index contributed by atoms with van der Waals surface area (Å²) in [5, 5.41) is 2.76. The fourth-order valence-electron chi connectivity index (χ4n) is 2.13. The van der Waals surface area contributed by atoms with Crippen LogP contribution >= 0.6 is 0 Å². The predicted octanol–water partition coefficient (Wildman–Crippen LogP) is 2.34. The molecule has 0 aliphatic carbocycles. The minimum Gasteiger partial charge on any atom is -0.484 e. The van der Waals surface area contributed by atoms with Crippen molar-refractivity contribution < 1.29 is 28.6 Å². The van der Waals surface area contributed by atoms with E-state index < -0.39 is 11.9 Å². The van der Waals surface area contributed by atoms with E-state index in [1.807, 2.05) is 0 Å². The van der Waals surface area contributed by atoms with Gasteiger partial charge in [0.05, 0.1) is 25.3 Å². The summed E-state index contributed by atoms with van der Waals surface area (Å²) in [6.45, 7) is 2.51. The molecule has 0 heterocycles. The Morgan fingerprint density at radius 2 is 1.52 bits per heavy atom. The lowest BCUT2D eigenvalue weighted by atomic mass is 10.1. The van der Waals surface area contributed by atoms with Gasteiger partial charge in [0, 0.05) is 6.54 Å². The van der Waals surface area contributed by atoms with Gasteiger partial charge in [0.1, 0.15) is 5.75 Å². The molecule has 7 heteroatoms. The first-order chi connectivity index (χ1) is 12.0. The van der Waals surface area contributed by atoms with Gasteiger partial charge in [-0.2, -0.15) is 0 Å². The number of hydrogen-bond donors (Lipinski definition) is 1. The predicted molar refractivity (Wildman–Crippen MR) is 91.8 cm³/mol. The summed E-state index contributed by atoms with van der Waals surface area (Å²) >= 11 is 0. The van der Waals surface area contributed by atoms with Crippen LogP contribution in [0.5, 0.6) is 5.75 Å². The number of amides is 1. The van der Waals surface area contributed by atoms with E-state index in [0.29, 0.717) is 6.54 Å². The third-order valence-electron chi connectivity index (χ3n) is 3.47. The fourth-order valence-corrected chi connectivity index (χ4v) is 2.13. The quantitative estimate of drug-likeness (QED) is 0.514. The minimum atomic E-state index is -0.615. The number of nitrogens with one attached hydrogen (secondary N) is 1. The molecule has 25 heavy (non-hydrogen) atoms. The lowest BCUT2D eigenvalue weighted by Gasteiger charge is -2.10. The Labute approximate surface area is 147 Å². The first kappa shape index (κ1) is 20.5. The average Bonchev–Trinajstić information content (AvgIpc) is 2.64. The molecule has 0 unspecified atom stereocenters. The largest absolute Gasteiger partial charge is 0.484 e. The van der Waals surface area contributed by atoms with Crippen LogP contribution in [0, 0.1) is 0 Å². The van der Waals surface area contributed by atoms with Crippen LogP contribution < -0.4 is 10.1 Å². The van der Waals surface area contributed by atoms with Crippen molar-refractivity contribution in [1.82, 2.24) is 5.32 Å². The Balaban J connectivity index is 2.66. The summed E-state index contributed by atoms with van der Waals surface area (Å²) in [6.07, 6.45) is 4.27. The van der Waals surface area contributed by atoms with Gasteiger partial charge in [-0.15, -0.1) is 0 Å². The van der Waals surface area contributed by atoms with Crippen molar-refractivity contribution >= 4 is 17.8 Å². The van der Waals surface area contributed by atoms with Crippen molar-refractivity contribution in [2.24, 2.45) is 0 Å². The summed E-state index contributed by atoms with van der Waals surface area (Å²) in [5.74, 6) is -1.28. The molecular formula is C18H25NO6. The molecule has 0 saturated carbocycles. The van der Waals surface area contributed by atoms with Gasteiger partial charge in [0.15, 0.2) is 6.61 Å². The maximum Gasteiger partial charge on any atom is 0.338 e. The summed E-state index contributed by atoms with van der Waals surface area (Å²) in [7, 11) is 2.47. The van der Waals surface area contributed by atoms with Crippen molar-refractivity contribution in [3.05, 3.63) is 29.3 Å². The van der Waals surface area contributed by atoms with Gasteiger partial charge in [0.25, 0.3) is 5.91 Å². The summed E-state index contributed by atoms with van der Waals surface area (Å²) < 4.78 is 14.7. The molecule has 138 valence electrons. The van der Waals surface area contributed by atoms with Crippen molar-refractivity contribution in [3.8, 4) is 5.75 Å². The Morgan fingerprint density at radius 1 is 0.920 bits per heavy atom. The number of benzene rings is 1. The maximum atomic E-state index is 11.8. The first-order valence-corrected chi connectivity index (χ1v) is 8.23. The van der Waals surface area contributed by atoms with Crippen LogP contribution in [-0.4, -0.2) is 45.2 Å². The monoisotopic (exact) mass is 351 g/mol. The van der Waals surface area contributed by atoms with Gasteiger partial charge in [-0.1, -0.05) is 26.2 Å². The molecule has 1 N–H and O–H groups in total. The molecule has 0 fully saturated rings. The van der Waals surface area contributed by atoms with Crippen molar-refractivity contribution in [2.75, 3.05) is 27.4 Å². The fraction of sp³-hybridized carbons (Fsp3) is 0.500. The number of hydrogen-bond acceptors (Lipinski definition) is 6. The van der Waals surface area contributed by atoms with Gasteiger partial charge in [0.2, 0.25) is 0 Å². The van der Waals surface area contributed by atoms with E-state index in [1.54, 1.807) is 0 Å². The van der Waals surface area contributed by atoms with E-state index in [-0.39, 0.29) is 29.4 Å². The summed E-state index contributed by atoms with van der Waals surface area (Å²) in [4.78, 5) is 35.2. The van der Waals surface area contributed by atoms with Gasteiger partial charge in [-0.25, -0.2) is 9.59 Å². The second-order valence-corrected chi connectivity index (χ2v) is 5.43. The van der Waals surface area contributed by atoms with Gasteiger partial charge in [-0.05, 0) is 24.6 Å². The third kappa shape index (κ3) is 7.24. The SMILES string of the molecule is CCCCCCNC(=O)COc1cc(C(=O)OC)cc(C(=O)OC)c1. The Bertz CT molecular complexity index is 565. The number of unbranched alkanes of at least 4 members (excludes halogenated alkanes) is 3. The molecule has 1 amide bonds. The van der Waals surface area contributed by atoms with E-state index in [0.717, 1.165) is 25.7 Å². The van der Waals surface area contributed by atoms with Crippen LogP contribution in [0.3, 0.4) is 0 Å². The van der Waals surface area contributed by atoms with E-state index in [2.05, 4.69) is 21.7 Å². The van der Waals surface area contributed by atoms with Gasteiger partial charge < -0.3 is 19.5 Å². The lowest BCUT2D eigenvalue weighted by molar-refractivity contribution is -0.123. The lowest BCUT2D eigenvalue weighted by Crippen LogP contribution is -2.29. The number of carbonyl (C=O) groups is 3. The van der Waals surface area contributed by atoms with Crippen LogP contribution in [0.25, 0.3) is 0 Å². The van der Waals surface area contributed by atoms with E-state index in [9.17, 15) is 14.4 Å². The molecule has 0 atom stereocenters. The normalized spacial score (nSPS) is 10.0. The molecule has 1 aromatic rings. The molecule has 0 radical (unpaired) electrons. The van der Waals surface area contributed by atoms with Crippen LogP contribution in [0.4, 0.5) is 0 Å². The first-order valence-electron chi connectivity index (χ1n) is 8.23. The molecule has 7 nitrogen and oxygen atoms in total. The molecule has 0 spiro atoms. The average molecular weight is 351 g/mol. The van der Waals surface area contributed by atoms with Gasteiger partial charge >= 0.3 is 11.9 Å². The zero-order chi connectivity index (χ0) is 18.7. The highest BCUT2D eigenvalue weighted by molar-refractivity contribution is 5.96. The Morgan fingerprint density at radius 3 is 2.04 bits per heavy atom. The molecule has 0 aliphatic rings. The Kier molecular flexibility index (Phi) is 9.06. The van der Waals surface area contributed by atoms with Crippen molar-refractivity contribution in [1.29, 1.82) is 0 Å². The highest BCUT2D eigenvalue weighted by Crippen LogP contribution is 2.19. The summed E-state index contributed by atoms with van der Waals surface area (Å²) in [6, 6.07) is 4.16. The number of rotatable bonds is 10. The number of esters is 2. The van der Waals surface area contributed by atoms with E-state index >= 15 is 0 Å². The standard InChI is InChI=1S/C18H25NO6/c1-4-5-6-7-8-19-16(20)12-25-15-10-13(17(21)23-2)9-14(11-15)18(22)24-3/h9-11H,4-8,12H2,1-3H3,(H,19,20). The third-order valence-corrected chi connectivity index (χ3v) is 3.47. The second-order valence-electron chi connectivity index (χ2n) is 5.43. The highest BCUT2D eigenvalue weighted by atomic mass is 16.5. The Hall–Kier alpha value is -2.57. The zero-order valence-corrected chi connectivity index (χ0v) is 14.9. The molecule has 1 rings (SSSR count). The molecule has 0 saturated heterocycles. The number of carbonyl (C=O) groups excluding carboxylic acids is 3. The van der Waals surface area contributed by atoms with Gasteiger partial charge in [-0.3, -0.25) is 4.79 Å². The van der Waals surface area contributed by atoms with E-state index in [1.165, 1.54) is 32.4 Å². The molecule has 0 bridgehead atoms. The van der Waals surface area contributed by atoms with Crippen LogP contribution in [0.2, 0.25) is 0 Å². The van der Waals surface area contributed by atoms with Crippen molar-refractivity contribution in [2.45, 2.75) is 32.6 Å². The second kappa shape index (κ2) is 11.1. The molecular weight excluding hydrogens is 326 g/mol. The van der Waals surface area contributed by atoms with Crippen LogP contribution in [-0.2, 0) is 14.3 Å². The summed E-state index contributed by atoms with van der Waals surface area (Å²) in [5.41, 5.74) is 0.278. The van der Waals surface area contributed by atoms with Crippen LogP contribution in [0.15, 0.2) is 18.2 Å². The number of ether oxygens (including phenoxy) is 3. The molecule has 0 aliphatic heterocycles. The minimum absolute atomic E-state index is 0.139. The zero-order valence-electron chi connectivity index (χ0n) is 14.9. The molecule has 1 aromatic carbocycles. The maximum absolute atomic E-state index is 11.8. The highest BCUT2D eigenvalue weighted by Gasteiger charge is 2.15. The molecule has 0 aromatic heterocycles. The van der Waals surface area contributed by atoms with Crippen LogP contribution in [0.1, 0.15) is 53.3 Å². The smallest absolute Gasteiger partial charge is 0.338 e. The van der Waals surface area contributed by atoms with Crippen molar-refractivity contribution in [3.63, 3.8) is 0 Å². The van der Waals surface area contributed by atoms with E-state index in [4.69, 9.17) is 4.74 Å². The number of methoxy groups -OCH3 is 2.